The zero-order chi connectivity index (χ0) is 33.7. The highest BCUT2D eigenvalue weighted by Gasteiger charge is 2.17. The fourth-order valence-electron chi connectivity index (χ4n) is 4.02. The molecule has 0 saturated carbocycles. The molecule has 12 heteroatoms. The first-order valence-electron chi connectivity index (χ1n) is 14.4. The van der Waals surface area contributed by atoms with E-state index in [1.807, 2.05) is 0 Å². The minimum absolute atomic E-state index is 0.117. The van der Waals surface area contributed by atoms with Gasteiger partial charge < -0.3 is 38.5 Å². The average Bonchev–Trinajstić information content (AvgIpc) is 3.04. The van der Waals surface area contributed by atoms with Gasteiger partial charge in [-0.05, 0) is 68.8 Å². The monoisotopic (exact) mass is 636 g/mol. The molecule has 0 radical (unpaired) electrons. The van der Waals surface area contributed by atoms with Crippen molar-refractivity contribution in [1.82, 2.24) is 10.3 Å². The number of nitrogens with one attached hydrogen (secondary N) is 1. The molecule has 0 spiro atoms. The number of alkyl carbamates (subject to hydrolysis) is 1. The van der Waals surface area contributed by atoms with Crippen LogP contribution < -0.4 is 29.0 Å². The predicted octanol–water partition coefficient (Wildman–Crippen LogP) is 5.66. The van der Waals surface area contributed by atoms with E-state index in [9.17, 15) is 14.4 Å². The summed E-state index contributed by atoms with van der Waals surface area (Å²) in [4.78, 5) is 41.3. The summed E-state index contributed by atoms with van der Waals surface area (Å²) in [6.45, 7) is 5.85. The van der Waals surface area contributed by atoms with Crippen molar-refractivity contribution >= 4 is 23.9 Å². The molecule has 3 aromatic rings. The summed E-state index contributed by atoms with van der Waals surface area (Å²) < 4.78 is 37.8. The summed E-state index contributed by atoms with van der Waals surface area (Å²) in [7, 11) is 5.99. The summed E-state index contributed by atoms with van der Waals surface area (Å²) in [5, 5.41) is 2.61. The van der Waals surface area contributed by atoms with Crippen LogP contribution in [0.5, 0.6) is 28.7 Å². The van der Waals surface area contributed by atoms with Gasteiger partial charge in [-0.2, -0.15) is 0 Å². The molecule has 3 rings (SSSR count). The van der Waals surface area contributed by atoms with Crippen LogP contribution in [-0.2, 0) is 16.0 Å². The van der Waals surface area contributed by atoms with E-state index in [4.69, 9.17) is 33.2 Å². The lowest BCUT2D eigenvalue weighted by molar-refractivity contribution is 0.0481. The Morgan fingerprint density at radius 3 is 2.09 bits per heavy atom. The van der Waals surface area contributed by atoms with E-state index >= 15 is 0 Å². The molecule has 0 bridgehead atoms. The summed E-state index contributed by atoms with van der Waals surface area (Å²) in [5.41, 5.74) is 1.32. The Bertz CT molecular complexity index is 1500. The number of ketones is 1. The van der Waals surface area contributed by atoms with Crippen LogP contribution in [0.1, 0.15) is 59.2 Å². The van der Waals surface area contributed by atoms with Gasteiger partial charge in [-0.15, -0.1) is 0 Å². The highest BCUT2D eigenvalue weighted by Crippen LogP contribution is 2.38. The second-order valence-corrected chi connectivity index (χ2v) is 10.8. The lowest BCUT2D eigenvalue weighted by atomic mass is 10.1. The van der Waals surface area contributed by atoms with E-state index < -0.39 is 17.7 Å². The number of ether oxygens (including phenoxy) is 7. The zero-order valence-corrected chi connectivity index (χ0v) is 27.1. The van der Waals surface area contributed by atoms with Gasteiger partial charge in [-0.25, -0.2) is 9.59 Å². The van der Waals surface area contributed by atoms with Crippen LogP contribution in [-0.4, -0.2) is 70.1 Å². The van der Waals surface area contributed by atoms with Crippen molar-refractivity contribution in [1.29, 1.82) is 0 Å². The molecule has 1 aromatic heterocycles. The van der Waals surface area contributed by atoms with Gasteiger partial charge in [0.1, 0.15) is 5.60 Å². The Morgan fingerprint density at radius 2 is 1.50 bits per heavy atom. The van der Waals surface area contributed by atoms with E-state index in [1.54, 1.807) is 69.3 Å². The van der Waals surface area contributed by atoms with Crippen LogP contribution in [0.2, 0.25) is 0 Å². The second kappa shape index (κ2) is 16.7. The number of esters is 1. The maximum Gasteiger partial charge on any atom is 0.407 e. The standard InChI is InChI=1S/C34H40N2O10/c1-34(2,3)46-33(39)36-21-25-12-11-23(20-35-25)32(38)45-16-8-15-44-28-17-22(10-14-27(28)40-4)9-13-26(37)24-18-29(41-5)31(43-7)30(19-24)42-6/h9-14,17-20H,8,15-16,21H2,1-7H3,(H,36,39)/b13-9+. The van der Waals surface area contributed by atoms with Gasteiger partial charge >= 0.3 is 12.1 Å². The summed E-state index contributed by atoms with van der Waals surface area (Å²) >= 11 is 0. The number of pyridine rings is 1. The quantitative estimate of drug-likeness (QED) is 0.0956. The molecule has 0 aliphatic carbocycles. The molecule has 1 heterocycles. The normalized spacial score (nSPS) is 11.0. The number of amides is 1. The maximum absolute atomic E-state index is 12.9. The number of carbonyl (C=O) groups is 3. The molecule has 246 valence electrons. The zero-order valence-electron chi connectivity index (χ0n) is 27.1. The predicted molar refractivity (Wildman–Crippen MR) is 170 cm³/mol. The second-order valence-electron chi connectivity index (χ2n) is 10.8. The van der Waals surface area contributed by atoms with Crippen LogP contribution in [0.15, 0.2) is 54.7 Å². The lowest BCUT2D eigenvalue weighted by Crippen LogP contribution is -2.32. The van der Waals surface area contributed by atoms with Crippen molar-refractivity contribution in [2.24, 2.45) is 0 Å². The SMILES string of the molecule is COc1ccc(/C=C/C(=O)c2cc(OC)c(OC)c(OC)c2)cc1OCCCOC(=O)c1ccc(CNC(=O)OC(C)(C)C)nc1. The molecule has 12 nitrogen and oxygen atoms in total. The fraction of sp³-hybridized carbons (Fsp3) is 0.353. The minimum atomic E-state index is -0.601. The molecule has 0 aliphatic heterocycles. The maximum atomic E-state index is 12.9. The molecule has 0 unspecified atom stereocenters. The van der Waals surface area contributed by atoms with Crippen molar-refractivity contribution in [2.45, 2.75) is 39.3 Å². The summed E-state index contributed by atoms with van der Waals surface area (Å²) in [5.74, 6) is 1.34. The lowest BCUT2D eigenvalue weighted by Gasteiger charge is -2.19. The third-order valence-electron chi connectivity index (χ3n) is 6.22. The van der Waals surface area contributed by atoms with Crippen LogP contribution >= 0.6 is 0 Å². The van der Waals surface area contributed by atoms with Gasteiger partial charge in [-0.1, -0.05) is 12.1 Å². The van der Waals surface area contributed by atoms with Crippen LogP contribution in [0.25, 0.3) is 6.08 Å². The third kappa shape index (κ3) is 10.4. The molecule has 0 fully saturated rings. The largest absolute Gasteiger partial charge is 0.493 e. The van der Waals surface area contributed by atoms with Crippen LogP contribution in [0, 0.1) is 0 Å². The molecule has 1 N–H and O–H groups in total. The molecule has 0 saturated heterocycles. The van der Waals surface area contributed by atoms with Gasteiger partial charge in [0.15, 0.2) is 28.8 Å². The number of aromatic nitrogens is 1. The average molecular weight is 637 g/mol. The highest BCUT2D eigenvalue weighted by molar-refractivity contribution is 6.07. The van der Waals surface area contributed by atoms with Crippen LogP contribution in [0.3, 0.4) is 0 Å². The van der Waals surface area contributed by atoms with Crippen molar-refractivity contribution in [3.63, 3.8) is 0 Å². The van der Waals surface area contributed by atoms with Gasteiger partial charge in [0.25, 0.3) is 0 Å². The van der Waals surface area contributed by atoms with E-state index in [-0.39, 0.29) is 31.1 Å². The number of nitrogens with zero attached hydrogens (tertiary/aromatic N) is 1. The van der Waals surface area contributed by atoms with Crippen LogP contribution in [0.4, 0.5) is 4.79 Å². The van der Waals surface area contributed by atoms with Crippen molar-refractivity contribution in [3.05, 3.63) is 77.1 Å². The smallest absolute Gasteiger partial charge is 0.407 e. The topological polar surface area (TPSA) is 141 Å². The molecule has 0 aliphatic rings. The first-order valence-corrected chi connectivity index (χ1v) is 14.4. The molecular weight excluding hydrogens is 596 g/mol. The van der Waals surface area contributed by atoms with E-state index in [0.717, 1.165) is 0 Å². The number of benzene rings is 2. The first kappa shape index (κ1) is 35.2. The van der Waals surface area contributed by atoms with E-state index in [1.165, 1.54) is 40.7 Å². The van der Waals surface area contributed by atoms with E-state index in [0.29, 0.717) is 52.0 Å². The highest BCUT2D eigenvalue weighted by atomic mass is 16.6. The Balaban J connectivity index is 1.51. The number of carbonyl (C=O) groups excluding carboxylic acids is 3. The molecule has 0 atom stereocenters. The van der Waals surface area contributed by atoms with E-state index in [2.05, 4.69) is 10.3 Å². The molecule has 46 heavy (non-hydrogen) atoms. The Morgan fingerprint density at radius 1 is 0.804 bits per heavy atom. The first-order chi connectivity index (χ1) is 22.0. The Kier molecular flexibility index (Phi) is 12.8. The number of rotatable bonds is 15. The van der Waals surface area contributed by atoms with Crippen molar-refractivity contribution in [3.8, 4) is 28.7 Å². The van der Waals surface area contributed by atoms with Gasteiger partial charge in [0.05, 0.1) is 59.5 Å². The number of allylic oxidation sites excluding steroid dienone is 1. The van der Waals surface area contributed by atoms with Crippen molar-refractivity contribution in [2.75, 3.05) is 41.7 Å². The third-order valence-corrected chi connectivity index (χ3v) is 6.22. The summed E-state index contributed by atoms with van der Waals surface area (Å²) in [6, 6.07) is 11.6. The molecule has 2 aromatic carbocycles. The van der Waals surface area contributed by atoms with Gasteiger partial charge in [0.2, 0.25) is 5.75 Å². The van der Waals surface area contributed by atoms with Gasteiger partial charge in [-0.3, -0.25) is 9.78 Å². The molecular formula is C34H40N2O10. The number of methoxy groups -OCH3 is 4. The van der Waals surface area contributed by atoms with Gasteiger partial charge in [0, 0.05) is 18.2 Å². The Hall–Kier alpha value is -5.26. The Labute approximate surface area is 268 Å². The molecule has 1 amide bonds. The number of hydrogen-bond acceptors (Lipinski definition) is 11. The fourth-order valence-corrected chi connectivity index (χ4v) is 4.02. The van der Waals surface area contributed by atoms with Crippen molar-refractivity contribution < 1.29 is 47.5 Å². The number of hydrogen-bond donors (Lipinski definition) is 1. The minimum Gasteiger partial charge on any atom is -0.493 e. The summed E-state index contributed by atoms with van der Waals surface area (Å²) in [6.07, 6.45) is 4.35.